The molecule has 15 heavy (non-hydrogen) atoms. The van der Waals surface area contributed by atoms with Crippen LogP contribution in [0.2, 0.25) is 0 Å². The van der Waals surface area contributed by atoms with Gasteiger partial charge in [0, 0.05) is 19.3 Å². The molecule has 0 aromatic rings. The molecule has 0 spiro atoms. The highest BCUT2D eigenvalue weighted by Gasteiger charge is 2.23. The van der Waals surface area contributed by atoms with Crippen LogP contribution in [0.25, 0.3) is 0 Å². The zero-order chi connectivity index (χ0) is 11.3. The van der Waals surface area contributed by atoms with Gasteiger partial charge in [-0.3, -0.25) is 0 Å². The van der Waals surface area contributed by atoms with Gasteiger partial charge in [0.25, 0.3) is 0 Å². The van der Waals surface area contributed by atoms with Crippen LogP contribution in [0.3, 0.4) is 0 Å². The second-order valence-corrected chi connectivity index (χ2v) is 6.86. The molecule has 2 unspecified atom stereocenters. The zero-order valence-electron chi connectivity index (χ0n) is 9.62. The summed E-state index contributed by atoms with van der Waals surface area (Å²) < 4.78 is 23.1. The normalized spacial score (nSPS) is 31.1. The van der Waals surface area contributed by atoms with Gasteiger partial charge in [-0.2, -0.15) is 0 Å². The Labute approximate surface area is 92.7 Å². The lowest BCUT2D eigenvalue weighted by Crippen LogP contribution is -2.36. The average molecular weight is 234 g/mol. The number of nitrogens with one attached hydrogen (secondary N) is 2. The molecule has 1 aliphatic rings. The van der Waals surface area contributed by atoms with Crippen molar-refractivity contribution in [1.29, 1.82) is 0 Å². The zero-order valence-corrected chi connectivity index (χ0v) is 10.4. The molecular formula is C10H22N2O2S. The first-order chi connectivity index (χ1) is 7.00. The van der Waals surface area contributed by atoms with Crippen molar-refractivity contribution in [2.24, 2.45) is 5.92 Å². The van der Waals surface area contributed by atoms with Crippen molar-refractivity contribution in [3.05, 3.63) is 0 Å². The summed E-state index contributed by atoms with van der Waals surface area (Å²) in [4.78, 5) is 0. The molecule has 0 radical (unpaired) electrons. The highest BCUT2D eigenvalue weighted by molar-refractivity contribution is 7.91. The van der Waals surface area contributed by atoms with Gasteiger partial charge in [-0.1, -0.05) is 6.92 Å². The average Bonchev–Trinajstić information content (AvgIpc) is 2.13. The van der Waals surface area contributed by atoms with Crippen LogP contribution in [0.5, 0.6) is 0 Å². The van der Waals surface area contributed by atoms with Crippen molar-refractivity contribution in [3.8, 4) is 0 Å². The van der Waals surface area contributed by atoms with E-state index < -0.39 is 9.84 Å². The minimum atomic E-state index is -2.89. The van der Waals surface area contributed by atoms with Crippen LogP contribution >= 0.6 is 0 Å². The van der Waals surface area contributed by atoms with Gasteiger partial charge in [-0.25, -0.2) is 8.42 Å². The minimum Gasteiger partial charge on any atom is -0.315 e. The fourth-order valence-electron chi connectivity index (χ4n) is 1.95. The highest BCUT2D eigenvalue weighted by atomic mass is 32.2. The summed E-state index contributed by atoms with van der Waals surface area (Å²) >= 11 is 0. The van der Waals surface area contributed by atoms with E-state index in [0.29, 0.717) is 5.92 Å². The van der Waals surface area contributed by atoms with E-state index in [-0.39, 0.29) is 5.25 Å². The van der Waals surface area contributed by atoms with Crippen LogP contribution < -0.4 is 10.6 Å². The van der Waals surface area contributed by atoms with E-state index in [2.05, 4.69) is 17.6 Å². The van der Waals surface area contributed by atoms with Crippen molar-refractivity contribution < 1.29 is 8.42 Å². The number of rotatable bonds is 1. The second kappa shape index (κ2) is 5.82. The van der Waals surface area contributed by atoms with Crippen LogP contribution in [-0.2, 0) is 9.84 Å². The molecule has 4 nitrogen and oxygen atoms in total. The molecule has 5 heteroatoms. The van der Waals surface area contributed by atoms with Crippen LogP contribution in [0.1, 0.15) is 19.8 Å². The Bertz CT molecular complexity index is 277. The topological polar surface area (TPSA) is 58.2 Å². The molecule has 1 saturated heterocycles. The van der Waals surface area contributed by atoms with Gasteiger partial charge in [0.15, 0.2) is 0 Å². The Hall–Kier alpha value is -0.130. The first-order valence-corrected chi connectivity index (χ1v) is 7.56. The van der Waals surface area contributed by atoms with Gasteiger partial charge in [-0.05, 0) is 31.8 Å². The second-order valence-electron chi connectivity index (χ2n) is 4.54. The number of hydrogen-bond acceptors (Lipinski definition) is 4. The van der Waals surface area contributed by atoms with Crippen molar-refractivity contribution in [1.82, 2.24) is 10.6 Å². The van der Waals surface area contributed by atoms with Crippen molar-refractivity contribution in [2.45, 2.75) is 25.0 Å². The van der Waals surface area contributed by atoms with E-state index in [9.17, 15) is 8.42 Å². The Morgan fingerprint density at radius 2 is 1.80 bits per heavy atom. The molecule has 0 bridgehead atoms. The van der Waals surface area contributed by atoms with Crippen molar-refractivity contribution in [3.63, 3.8) is 0 Å². The quantitative estimate of drug-likeness (QED) is 0.671. The maximum atomic E-state index is 11.5. The Balaban J connectivity index is 2.58. The highest BCUT2D eigenvalue weighted by Crippen LogP contribution is 2.15. The first kappa shape index (κ1) is 12.9. The summed E-state index contributed by atoms with van der Waals surface area (Å²) in [6.45, 7) is 5.71. The molecule has 0 aromatic heterocycles. The van der Waals surface area contributed by atoms with Gasteiger partial charge in [-0.15, -0.1) is 0 Å². The molecule has 0 aromatic carbocycles. The summed E-state index contributed by atoms with van der Waals surface area (Å²) in [5.74, 6) is 0.433. The third-order valence-corrected chi connectivity index (χ3v) is 4.52. The van der Waals surface area contributed by atoms with E-state index in [1.807, 2.05) is 0 Å². The van der Waals surface area contributed by atoms with E-state index in [1.165, 1.54) is 6.26 Å². The van der Waals surface area contributed by atoms with Crippen molar-refractivity contribution in [2.75, 3.05) is 32.4 Å². The molecular weight excluding hydrogens is 212 g/mol. The van der Waals surface area contributed by atoms with Gasteiger partial charge < -0.3 is 10.6 Å². The van der Waals surface area contributed by atoms with E-state index in [4.69, 9.17) is 0 Å². The summed E-state index contributed by atoms with van der Waals surface area (Å²) in [7, 11) is -2.89. The van der Waals surface area contributed by atoms with E-state index >= 15 is 0 Å². The van der Waals surface area contributed by atoms with Crippen LogP contribution in [0, 0.1) is 5.92 Å². The Morgan fingerprint density at radius 1 is 1.13 bits per heavy atom. The first-order valence-electron chi connectivity index (χ1n) is 5.60. The summed E-state index contributed by atoms with van der Waals surface area (Å²) in [6.07, 6.45) is 2.86. The summed E-state index contributed by atoms with van der Waals surface area (Å²) in [5.41, 5.74) is 0. The van der Waals surface area contributed by atoms with Gasteiger partial charge in [0.2, 0.25) is 0 Å². The lowest BCUT2D eigenvalue weighted by atomic mass is 10.0. The van der Waals surface area contributed by atoms with E-state index in [1.54, 1.807) is 0 Å². The molecule has 1 rings (SSSR count). The molecule has 1 aliphatic heterocycles. The minimum absolute atomic E-state index is 0.181. The van der Waals surface area contributed by atoms with Gasteiger partial charge >= 0.3 is 0 Å². The molecule has 90 valence electrons. The van der Waals surface area contributed by atoms with E-state index in [0.717, 1.165) is 39.0 Å². The number of hydrogen-bond donors (Lipinski definition) is 2. The van der Waals surface area contributed by atoms with Crippen LogP contribution in [-0.4, -0.2) is 46.1 Å². The Kier molecular flexibility index (Phi) is 5.02. The molecule has 1 heterocycles. The third kappa shape index (κ3) is 4.95. The summed E-state index contributed by atoms with van der Waals surface area (Å²) in [5, 5.41) is 6.38. The lowest BCUT2D eigenvalue weighted by Gasteiger charge is -2.22. The van der Waals surface area contributed by atoms with Gasteiger partial charge in [0.1, 0.15) is 9.84 Å². The van der Waals surface area contributed by atoms with Gasteiger partial charge in [0.05, 0.1) is 5.25 Å². The fraction of sp³-hybridized carbons (Fsp3) is 1.00. The monoisotopic (exact) mass is 234 g/mol. The predicted octanol–water partition coefficient (Wildman–Crippen LogP) is 0.00870. The SMILES string of the molecule is CC1CNCCNCCC(S(C)(=O)=O)C1. The molecule has 2 atom stereocenters. The molecule has 1 fully saturated rings. The number of sulfone groups is 1. The maximum absolute atomic E-state index is 11.5. The predicted molar refractivity (Wildman–Crippen MR) is 62.8 cm³/mol. The standard InChI is InChI=1S/C10H22N2O2S/c1-9-7-10(15(2,13)14)3-4-11-5-6-12-8-9/h9-12H,3-8H2,1-2H3. The van der Waals surface area contributed by atoms with Crippen molar-refractivity contribution >= 4 is 9.84 Å². The van der Waals surface area contributed by atoms with Crippen LogP contribution in [0.4, 0.5) is 0 Å². The largest absolute Gasteiger partial charge is 0.315 e. The molecule has 0 saturated carbocycles. The molecule has 2 N–H and O–H groups in total. The smallest absolute Gasteiger partial charge is 0.150 e. The third-order valence-electron chi connectivity index (χ3n) is 2.89. The maximum Gasteiger partial charge on any atom is 0.150 e. The summed E-state index contributed by atoms with van der Waals surface area (Å²) in [6, 6.07) is 0. The lowest BCUT2D eigenvalue weighted by molar-refractivity contribution is 0.430. The van der Waals surface area contributed by atoms with Crippen LogP contribution in [0.15, 0.2) is 0 Å². The molecule has 0 amide bonds. The Morgan fingerprint density at radius 3 is 2.47 bits per heavy atom. The fourth-order valence-corrected chi connectivity index (χ4v) is 3.18. The molecule has 0 aliphatic carbocycles.